The third kappa shape index (κ3) is 4.86. The van der Waals surface area contributed by atoms with Gasteiger partial charge in [0.15, 0.2) is 0 Å². The van der Waals surface area contributed by atoms with Gasteiger partial charge in [-0.1, -0.05) is 30.3 Å². The molecular weight excluding hydrogens is 428 g/mol. The Labute approximate surface area is 173 Å². The molecule has 156 valence electrons. The minimum absolute atomic E-state index is 0.0972. The Morgan fingerprint density at radius 1 is 0.600 bits per heavy atom. The summed E-state index contributed by atoms with van der Waals surface area (Å²) in [5, 5.41) is 2.71. The van der Waals surface area contributed by atoms with Crippen molar-refractivity contribution in [2.45, 2.75) is 9.79 Å². The lowest BCUT2D eigenvalue weighted by atomic mass is 10.1. The Bertz CT molecular complexity index is 1470. The highest BCUT2D eigenvalue weighted by molar-refractivity contribution is 7.86. The fraction of sp³-hybridized carbons (Fsp3) is 0. The molecule has 0 unspecified atom stereocenters. The Kier molecular flexibility index (Phi) is 5.68. The monoisotopic (exact) mass is 446 g/mol. The fourth-order valence-electron chi connectivity index (χ4n) is 2.90. The molecule has 0 fully saturated rings. The second-order valence-electron chi connectivity index (χ2n) is 6.46. The van der Waals surface area contributed by atoms with E-state index in [0.29, 0.717) is 22.1 Å². The molecule has 0 aromatic heterocycles. The Morgan fingerprint density at radius 2 is 1.17 bits per heavy atom. The van der Waals surface area contributed by atoms with Crippen molar-refractivity contribution in [2.75, 3.05) is 11.5 Å². The predicted octanol–water partition coefficient (Wildman–Crippen LogP) is 3.34. The van der Waals surface area contributed by atoms with Gasteiger partial charge in [0.1, 0.15) is 4.90 Å². The van der Waals surface area contributed by atoms with E-state index < -0.39 is 20.2 Å². The maximum atomic E-state index is 11.1. The molecule has 0 heterocycles. The molecule has 0 aliphatic carbocycles. The summed E-state index contributed by atoms with van der Waals surface area (Å²) in [4.78, 5) is -0.209. The summed E-state index contributed by atoms with van der Waals surface area (Å²) in [6.45, 7) is 0. The van der Waals surface area contributed by atoms with E-state index in [4.69, 9.17) is 20.6 Å². The highest BCUT2D eigenvalue weighted by Crippen LogP contribution is 2.24. The summed E-state index contributed by atoms with van der Waals surface area (Å²) < 4.78 is 61.7. The molecule has 10 heteroatoms. The number of anilines is 2. The predicted molar refractivity (Wildman–Crippen MR) is 116 cm³/mol. The molecule has 0 aliphatic heterocycles. The van der Waals surface area contributed by atoms with Crippen LogP contribution in [0.15, 0.2) is 82.6 Å². The van der Waals surface area contributed by atoms with Gasteiger partial charge in [-0.05, 0) is 58.6 Å². The number of nitrogens with two attached hydrogens (primary N) is 2. The SMILES string of the molecule is Nc1ccc2c(S(=O)(=O)O)cccc2c1.Nc1ccc2cc(S(=O)(=O)O)ccc2c1. The molecule has 0 radical (unpaired) electrons. The standard InChI is InChI=1S/2C10H9NO3S/c11-9-3-1-8-6-10(15(12,13)14)4-2-7(8)5-9;11-8-4-5-9-7(6-8)2-1-3-10(9)15(12,13)14/h2*1-6H,11H2,(H,12,13,14). The van der Waals surface area contributed by atoms with Gasteiger partial charge in [0.2, 0.25) is 0 Å². The zero-order valence-electron chi connectivity index (χ0n) is 15.4. The Balaban J connectivity index is 0.000000171. The first-order valence-electron chi connectivity index (χ1n) is 8.48. The number of hydrogen-bond acceptors (Lipinski definition) is 6. The van der Waals surface area contributed by atoms with Crippen LogP contribution in [0.4, 0.5) is 11.4 Å². The molecular formula is C20H18N2O6S2. The third-order valence-electron chi connectivity index (χ3n) is 4.28. The van der Waals surface area contributed by atoms with Crippen LogP contribution in [-0.2, 0) is 20.2 Å². The fourth-order valence-corrected chi connectivity index (χ4v) is 4.13. The van der Waals surface area contributed by atoms with Crippen LogP contribution in [0.1, 0.15) is 0 Å². The summed E-state index contributed by atoms with van der Waals surface area (Å²) >= 11 is 0. The summed E-state index contributed by atoms with van der Waals surface area (Å²) in [5.41, 5.74) is 12.3. The van der Waals surface area contributed by atoms with Crippen molar-refractivity contribution in [3.63, 3.8) is 0 Å². The maximum Gasteiger partial charge on any atom is 0.295 e. The molecule has 0 bridgehead atoms. The molecule has 0 amide bonds. The number of benzene rings is 4. The van der Waals surface area contributed by atoms with Gasteiger partial charge in [0, 0.05) is 16.8 Å². The number of hydrogen-bond donors (Lipinski definition) is 4. The maximum absolute atomic E-state index is 11.1. The summed E-state index contributed by atoms with van der Waals surface area (Å²) in [6.07, 6.45) is 0. The van der Waals surface area contributed by atoms with E-state index in [1.807, 2.05) is 0 Å². The van der Waals surface area contributed by atoms with E-state index in [9.17, 15) is 16.8 Å². The Morgan fingerprint density at radius 3 is 1.80 bits per heavy atom. The molecule has 4 aromatic carbocycles. The van der Waals surface area contributed by atoms with Gasteiger partial charge >= 0.3 is 0 Å². The first-order valence-corrected chi connectivity index (χ1v) is 11.4. The normalized spacial score (nSPS) is 11.8. The molecule has 0 saturated heterocycles. The van der Waals surface area contributed by atoms with Crippen LogP contribution in [0.2, 0.25) is 0 Å². The average Bonchev–Trinajstić information content (AvgIpc) is 2.66. The Hall–Kier alpha value is -3.18. The van der Waals surface area contributed by atoms with Gasteiger partial charge in [-0.15, -0.1) is 0 Å². The smallest absolute Gasteiger partial charge is 0.295 e. The summed E-state index contributed by atoms with van der Waals surface area (Å²) in [7, 11) is -8.32. The van der Waals surface area contributed by atoms with Gasteiger partial charge in [-0.2, -0.15) is 16.8 Å². The van der Waals surface area contributed by atoms with Crippen LogP contribution >= 0.6 is 0 Å². The van der Waals surface area contributed by atoms with E-state index in [1.165, 1.54) is 18.2 Å². The highest BCUT2D eigenvalue weighted by Gasteiger charge is 2.13. The molecule has 0 saturated carbocycles. The van der Waals surface area contributed by atoms with Crippen molar-refractivity contribution in [2.24, 2.45) is 0 Å². The highest BCUT2D eigenvalue weighted by atomic mass is 32.2. The minimum Gasteiger partial charge on any atom is -0.399 e. The zero-order chi connectivity index (χ0) is 22.1. The molecule has 6 N–H and O–H groups in total. The van der Waals surface area contributed by atoms with E-state index >= 15 is 0 Å². The summed E-state index contributed by atoms with van der Waals surface area (Å²) in [5.74, 6) is 0. The quantitative estimate of drug-likeness (QED) is 0.269. The zero-order valence-corrected chi connectivity index (χ0v) is 17.1. The van der Waals surface area contributed by atoms with E-state index in [0.717, 1.165) is 10.8 Å². The van der Waals surface area contributed by atoms with E-state index in [2.05, 4.69) is 0 Å². The minimum atomic E-state index is -4.18. The van der Waals surface area contributed by atoms with Crippen molar-refractivity contribution < 1.29 is 25.9 Å². The van der Waals surface area contributed by atoms with Crippen LogP contribution < -0.4 is 11.5 Å². The molecule has 30 heavy (non-hydrogen) atoms. The third-order valence-corrected chi connectivity index (χ3v) is 6.04. The van der Waals surface area contributed by atoms with Crippen LogP contribution in [0.25, 0.3) is 21.5 Å². The van der Waals surface area contributed by atoms with Crippen LogP contribution in [-0.4, -0.2) is 25.9 Å². The first-order chi connectivity index (χ1) is 13.9. The molecule has 0 spiro atoms. The van der Waals surface area contributed by atoms with E-state index in [1.54, 1.807) is 54.6 Å². The van der Waals surface area contributed by atoms with Crippen LogP contribution in [0.5, 0.6) is 0 Å². The van der Waals surface area contributed by atoms with Gasteiger partial charge in [-0.25, -0.2) is 0 Å². The van der Waals surface area contributed by atoms with Crippen LogP contribution in [0, 0.1) is 0 Å². The average molecular weight is 447 g/mol. The first kappa shape index (κ1) is 21.5. The second-order valence-corrected chi connectivity index (χ2v) is 9.27. The largest absolute Gasteiger partial charge is 0.399 e. The molecule has 8 nitrogen and oxygen atoms in total. The lowest BCUT2D eigenvalue weighted by Gasteiger charge is -2.03. The van der Waals surface area contributed by atoms with E-state index in [-0.39, 0.29) is 9.79 Å². The molecule has 0 atom stereocenters. The van der Waals surface area contributed by atoms with Crippen molar-refractivity contribution in [3.8, 4) is 0 Å². The van der Waals surface area contributed by atoms with Crippen molar-refractivity contribution in [1.82, 2.24) is 0 Å². The van der Waals surface area contributed by atoms with Gasteiger partial charge in [0.05, 0.1) is 4.90 Å². The second kappa shape index (κ2) is 7.92. The topological polar surface area (TPSA) is 161 Å². The summed E-state index contributed by atoms with van der Waals surface area (Å²) in [6, 6.07) is 19.0. The lowest BCUT2D eigenvalue weighted by Crippen LogP contribution is -1.99. The van der Waals surface area contributed by atoms with Crippen molar-refractivity contribution in [1.29, 1.82) is 0 Å². The molecule has 0 aliphatic rings. The van der Waals surface area contributed by atoms with Crippen molar-refractivity contribution >= 4 is 53.2 Å². The van der Waals surface area contributed by atoms with Gasteiger partial charge < -0.3 is 11.5 Å². The van der Waals surface area contributed by atoms with Crippen LogP contribution in [0.3, 0.4) is 0 Å². The molecule has 4 rings (SSSR count). The number of nitrogen functional groups attached to an aromatic ring is 2. The lowest BCUT2D eigenvalue weighted by molar-refractivity contribution is 0.481. The number of rotatable bonds is 2. The van der Waals surface area contributed by atoms with Crippen molar-refractivity contribution in [3.05, 3.63) is 72.8 Å². The van der Waals surface area contributed by atoms with Gasteiger partial charge in [0.25, 0.3) is 20.2 Å². The van der Waals surface area contributed by atoms with Gasteiger partial charge in [-0.3, -0.25) is 9.11 Å². The molecule has 4 aromatic rings. The number of fused-ring (bicyclic) bond motifs is 2.